The van der Waals surface area contributed by atoms with Gasteiger partial charge in [-0.2, -0.15) is 0 Å². The summed E-state index contributed by atoms with van der Waals surface area (Å²) in [4.78, 5) is 17.9. The maximum absolute atomic E-state index is 12.8. The summed E-state index contributed by atoms with van der Waals surface area (Å²) in [5.41, 5.74) is 0.557. The topological polar surface area (TPSA) is 98.9 Å². The molecule has 8 nitrogen and oxygen atoms in total. The molecule has 0 aromatic carbocycles. The van der Waals surface area contributed by atoms with Crippen molar-refractivity contribution in [3.8, 4) is 11.4 Å². The molecule has 1 N–H and O–H groups in total. The van der Waals surface area contributed by atoms with Crippen LogP contribution in [0.5, 0.6) is 0 Å². The van der Waals surface area contributed by atoms with E-state index in [4.69, 9.17) is 0 Å². The van der Waals surface area contributed by atoms with Gasteiger partial charge in [0, 0.05) is 35.4 Å². The van der Waals surface area contributed by atoms with Crippen molar-refractivity contribution in [2.24, 2.45) is 0 Å². The van der Waals surface area contributed by atoms with Gasteiger partial charge in [0.05, 0.1) is 6.54 Å². The van der Waals surface area contributed by atoms with E-state index in [1.165, 1.54) is 16.0 Å². The van der Waals surface area contributed by atoms with Gasteiger partial charge in [-0.25, -0.2) is 22.6 Å². The first-order valence-corrected chi connectivity index (χ1v) is 11.5. The van der Waals surface area contributed by atoms with Crippen molar-refractivity contribution in [3.63, 3.8) is 0 Å². The van der Waals surface area contributed by atoms with Crippen LogP contribution in [0, 0.1) is 0 Å². The fourth-order valence-corrected chi connectivity index (χ4v) is 5.33. The number of rotatable bonds is 8. The van der Waals surface area contributed by atoms with Gasteiger partial charge < -0.3 is 0 Å². The molecule has 0 amide bonds. The molecule has 1 aliphatic carbocycles. The highest BCUT2D eigenvalue weighted by molar-refractivity contribution is 7.91. The van der Waals surface area contributed by atoms with Crippen molar-refractivity contribution in [1.29, 1.82) is 0 Å². The maximum atomic E-state index is 12.8. The van der Waals surface area contributed by atoms with Gasteiger partial charge >= 0.3 is 5.69 Å². The van der Waals surface area contributed by atoms with Gasteiger partial charge in [-0.3, -0.25) is 9.55 Å². The monoisotopic (exact) mass is 419 g/mol. The van der Waals surface area contributed by atoms with Crippen LogP contribution in [0.15, 0.2) is 45.7 Å². The zero-order valence-electron chi connectivity index (χ0n) is 15.4. The van der Waals surface area contributed by atoms with Crippen LogP contribution in [0.2, 0.25) is 0 Å². The molecule has 4 rings (SSSR count). The third-order valence-corrected chi connectivity index (χ3v) is 7.75. The first-order chi connectivity index (χ1) is 13.5. The SMILES string of the molecule is CCc1ccc(S(=O)(=O)NCCn2nc(-c3cccnc3)n(C3CC3)c2=O)s1. The summed E-state index contributed by atoms with van der Waals surface area (Å²) in [6.07, 6.45) is 6.04. The number of hydrogen-bond acceptors (Lipinski definition) is 6. The van der Waals surface area contributed by atoms with Crippen molar-refractivity contribution in [3.05, 3.63) is 52.0 Å². The molecule has 3 aromatic heterocycles. The lowest BCUT2D eigenvalue weighted by molar-refractivity contribution is 0.548. The Morgan fingerprint density at radius 3 is 2.75 bits per heavy atom. The predicted octanol–water partition coefficient (Wildman–Crippen LogP) is 2.04. The van der Waals surface area contributed by atoms with Gasteiger partial charge in [0.2, 0.25) is 10.0 Å². The molecule has 28 heavy (non-hydrogen) atoms. The van der Waals surface area contributed by atoms with Crippen LogP contribution in [0.1, 0.15) is 30.7 Å². The lowest BCUT2D eigenvalue weighted by atomic mass is 10.3. The van der Waals surface area contributed by atoms with Crippen LogP contribution in [0.25, 0.3) is 11.4 Å². The molecule has 1 saturated carbocycles. The van der Waals surface area contributed by atoms with E-state index >= 15 is 0 Å². The van der Waals surface area contributed by atoms with Gasteiger partial charge in [-0.05, 0) is 43.5 Å². The molecule has 0 bridgehead atoms. The average Bonchev–Trinajstić information content (AvgIpc) is 3.30. The number of hydrogen-bond donors (Lipinski definition) is 1. The third-order valence-electron chi connectivity index (χ3n) is 4.57. The van der Waals surface area contributed by atoms with Crippen molar-refractivity contribution in [1.82, 2.24) is 24.1 Å². The Morgan fingerprint density at radius 2 is 2.11 bits per heavy atom. The fourth-order valence-electron chi connectivity index (χ4n) is 2.97. The largest absolute Gasteiger partial charge is 0.346 e. The fraction of sp³-hybridized carbons (Fsp3) is 0.389. The Kier molecular flexibility index (Phi) is 5.17. The summed E-state index contributed by atoms with van der Waals surface area (Å²) >= 11 is 1.26. The second-order valence-electron chi connectivity index (χ2n) is 6.64. The minimum atomic E-state index is -3.58. The van der Waals surface area contributed by atoms with E-state index < -0.39 is 10.0 Å². The Balaban J connectivity index is 1.52. The molecular formula is C18H21N5O3S2. The highest BCUT2D eigenvalue weighted by Crippen LogP contribution is 2.36. The summed E-state index contributed by atoms with van der Waals surface area (Å²) in [6, 6.07) is 7.26. The molecule has 3 aromatic rings. The van der Waals surface area contributed by atoms with Crippen molar-refractivity contribution in [2.75, 3.05) is 6.54 Å². The zero-order valence-corrected chi connectivity index (χ0v) is 17.0. The molecule has 0 aliphatic heterocycles. The van der Waals surface area contributed by atoms with E-state index in [1.54, 1.807) is 29.1 Å². The van der Waals surface area contributed by atoms with Gasteiger partial charge in [-0.15, -0.1) is 16.4 Å². The number of nitrogens with one attached hydrogen (secondary N) is 1. The molecule has 1 fully saturated rings. The smallest absolute Gasteiger partial charge is 0.272 e. The molecule has 0 atom stereocenters. The second-order valence-corrected chi connectivity index (χ2v) is 9.81. The predicted molar refractivity (Wildman–Crippen MR) is 107 cm³/mol. The van der Waals surface area contributed by atoms with Crippen LogP contribution >= 0.6 is 11.3 Å². The zero-order chi connectivity index (χ0) is 19.7. The van der Waals surface area contributed by atoms with Crippen LogP contribution in [-0.4, -0.2) is 34.3 Å². The molecule has 1 aliphatic rings. The van der Waals surface area contributed by atoms with E-state index in [9.17, 15) is 13.2 Å². The number of sulfonamides is 1. The summed E-state index contributed by atoms with van der Waals surface area (Å²) in [5, 5.41) is 4.45. The highest BCUT2D eigenvalue weighted by atomic mass is 32.2. The Bertz CT molecular complexity index is 1130. The Morgan fingerprint density at radius 1 is 1.29 bits per heavy atom. The van der Waals surface area contributed by atoms with Gasteiger partial charge in [0.15, 0.2) is 5.82 Å². The normalized spacial score (nSPS) is 14.5. The van der Waals surface area contributed by atoms with Crippen molar-refractivity contribution >= 4 is 21.4 Å². The molecule has 10 heteroatoms. The van der Waals surface area contributed by atoms with Gasteiger partial charge in [0.1, 0.15) is 4.21 Å². The second kappa shape index (κ2) is 7.61. The number of nitrogens with zero attached hydrogens (tertiary/aromatic N) is 4. The molecule has 148 valence electrons. The van der Waals surface area contributed by atoms with Crippen molar-refractivity contribution in [2.45, 2.75) is 43.0 Å². The number of thiophene rings is 1. The minimum absolute atomic E-state index is 0.0930. The van der Waals surface area contributed by atoms with Crippen LogP contribution < -0.4 is 10.4 Å². The van der Waals surface area contributed by atoms with E-state index in [-0.39, 0.29) is 29.0 Å². The lowest BCUT2D eigenvalue weighted by Gasteiger charge is -2.04. The summed E-state index contributed by atoms with van der Waals surface area (Å²) in [5.74, 6) is 0.578. The molecular weight excluding hydrogens is 398 g/mol. The van der Waals surface area contributed by atoms with E-state index in [2.05, 4.69) is 14.8 Å². The Labute approximate surface area is 166 Å². The highest BCUT2D eigenvalue weighted by Gasteiger charge is 2.30. The number of pyridine rings is 1. The number of aryl methyl sites for hydroxylation is 1. The first-order valence-electron chi connectivity index (χ1n) is 9.17. The van der Waals surface area contributed by atoms with Crippen LogP contribution in [0.3, 0.4) is 0 Å². The van der Waals surface area contributed by atoms with Crippen LogP contribution in [0.4, 0.5) is 0 Å². The number of aromatic nitrogens is 4. The first kappa shape index (κ1) is 19.0. The molecule has 0 radical (unpaired) electrons. The van der Waals surface area contributed by atoms with E-state index in [1.807, 2.05) is 19.1 Å². The summed E-state index contributed by atoms with van der Waals surface area (Å²) in [7, 11) is -3.58. The van der Waals surface area contributed by atoms with Gasteiger partial charge in [-0.1, -0.05) is 6.92 Å². The minimum Gasteiger partial charge on any atom is -0.272 e. The average molecular weight is 420 g/mol. The third kappa shape index (κ3) is 3.80. The molecule has 0 unspecified atom stereocenters. The summed E-state index contributed by atoms with van der Waals surface area (Å²) < 4.78 is 30.7. The van der Waals surface area contributed by atoms with Crippen molar-refractivity contribution < 1.29 is 8.42 Å². The molecule has 0 spiro atoms. The maximum Gasteiger partial charge on any atom is 0.346 e. The summed E-state index contributed by atoms with van der Waals surface area (Å²) in [6.45, 7) is 2.24. The van der Waals surface area contributed by atoms with E-state index in [0.29, 0.717) is 5.82 Å². The molecule has 3 heterocycles. The lowest BCUT2D eigenvalue weighted by Crippen LogP contribution is -2.31. The Hall–Kier alpha value is -2.30. The van der Waals surface area contributed by atoms with E-state index in [0.717, 1.165) is 29.7 Å². The van der Waals surface area contributed by atoms with Crippen LogP contribution in [-0.2, 0) is 23.0 Å². The molecule has 0 saturated heterocycles. The van der Waals surface area contributed by atoms with Gasteiger partial charge in [0.25, 0.3) is 0 Å². The quantitative estimate of drug-likeness (QED) is 0.602. The standard InChI is InChI=1S/C18H21N5O3S2/c1-2-15-7-8-16(27-15)28(25,26)20-10-11-22-18(24)23(14-5-6-14)17(21-22)13-4-3-9-19-12-13/h3-4,7-9,12,14,20H,2,5-6,10-11H2,1H3.